The summed E-state index contributed by atoms with van der Waals surface area (Å²) in [4.78, 5) is 25.9. The number of amides is 1. The lowest BCUT2D eigenvalue weighted by atomic mass is 9.82. The minimum absolute atomic E-state index is 0.00794. The van der Waals surface area contributed by atoms with Gasteiger partial charge >= 0.3 is 18.1 Å². The molecule has 3 rings (SSSR count). The molecular formula is C23H19ClF3NO4. The van der Waals surface area contributed by atoms with Crippen molar-refractivity contribution in [1.82, 2.24) is 0 Å². The lowest BCUT2D eigenvalue weighted by Crippen LogP contribution is -2.53. The topological polar surface area (TPSA) is 66.8 Å². The molecule has 9 heteroatoms. The Hall–Kier alpha value is -3.18. The van der Waals surface area contributed by atoms with Crippen LogP contribution in [0.2, 0.25) is 5.02 Å². The van der Waals surface area contributed by atoms with Crippen LogP contribution < -0.4 is 9.64 Å². The number of carbonyl (C=O) groups is 2. The number of benzene rings is 2. The van der Waals surface area contributed by atoms with E-state index in [1.165, 1.54) is 25.1 Å². The van der Waals surface area contributed by atoms with Gasteiger partial charge in [-0.05, 0) is 49.4 Å². The van der Waals surface area contributed by atoms with Crippen molar-refractivity contribution in [2.75, 3.05) is 4.90 Å². The molecule has 1 aliphatic rings. The van der Waals surface area contributed by atoms with E-state index in [0.29, 0.717) is 5.56 Å². The number of aliphatic carboxylic acids is 1. The number of hydrogen-bond acceptors (Lipinski definition) is 3. The number of terminal acetylenes is 1. The predicted octanol–water partition coefficient (Wildman–Crippen LogP) is 5.03. The molecule has 32 heavy (non-hydrogen) atoms. The van der Waals surface area contributed by atoms with Gasteiger partial charge in [-0.3, -0.25) is 9.69 Å². The summed E-state index contributed by atoms with van der Waals surface area (Å²) in [5, 5.41) is 10.0. The number of carboxylic acid groups (broad SMARTS) is 1. The number of halogens is 4. The molecule has 2 aromatic carbocycles. The first kappa shape index (κ1) is 23.5. The van der Waals surface area contributed by atoms with Crippen LogP contribution in [0.5, 0.6) is 5.75 Å². The molecule has 0 saturated heterocycles. The Kier molecular flexibility index (Phi) is 6.42. The molecule has 0 aromatic heterocycles. The molecule has 0 radical (unpaired) electrons. The molecule has 1 fully saturated rings. The smallest absolute Gasteiger partial charge is 0.392 e. The normalized spacial score (nSPS) is 19.8. The van der Waals surface area contributed by atoms with E-state index in [9.17, 15) is 27.9 Å². The van der Waals surface area contributed by atoms with E-state index in [1.54, 1.807) is 30.3 Å². The van der Waals surface area contributed by atoms with Gasteiger partial charge in [0.15, 0.2) is 5.54 Å². The number of carboxylic acids is 1. The van der Waals surface area contributed by atoms with Gasteiger partial charge in [0.1, 0.15) is 5.75 Å². The Morgan fingerprint density at radius 1 is 1.19 bits per heavy atom. The van der Waals surface area contributed by atoms with E-state index in [-0.39, 0.29) is 29.3 Å². The largest absolute Gasteiger partial charge is 0.489 e. The van der Waals surface area contributed by atoms with Gasteiger partial charge in [0.05, 0.1) is 17.0 Å². The fourth-order valence-electron chi connectivity index (χ4n) is 3.59. The summed E-state index contributed by atoms with van der Waals surface area (Å²) in [6, 6.07) is 12.1. The highest BCUT2D eigenvalue weighted by molar-refractivity contribution is 6.32. The Bertz CT molecular complexity index is 1060. The van der Waals surface area contributed by atoms with Crippen molar-refractivity contribution in [1.29, 1.82) is 0 Å². The van der Waals surface area contributed by atoms with Crippen LogP contribution in [-0.4, -0.2) is 29.3 Å². The Labute approximate surface area is 187 Å². The summed E-state index contributed by atoms with van der Waals surface area (Å²) in [6.07, 6.45) is 0.0660. The summed E-state index contributed by atoms with van der Waals surface area (Å²) in [6.45, 7) is 1.34. The molecule has 1 unspecified atom stereocenters. The number of carbonyl (C=O) groups excluding carboxylic acids is 1. The third-order valence-corrected chi connectivity index (χ3v) is 5.85. The van der Waals surface area contributed by atoms with Crippen molar-refractivity contribution in [3.8, 4) is 18.1 Å². The maximum atomic E-state index is 12.7. The van der Waals surface area contributed by atoms with E-state index >= 15 is 0 Å². The van der Waals surface area contributed by atoms with Crippen LogP contribution in [0.1, 0.15) is 25.3 Å². The minimum Gasteiger partial charge on any atom is -0.489 e. The van der Waals surface area contributed by atoms with Gasteiger partial charge in [0.2, 0.25) is 0 Å². The van der Waals surface area contributed by atoms with Crippen LogP contribution in [0.15, 0.2) is 48.5 Å². The number of ether oxygens (including phenoxy) is 1. The molecule has 1 N–H and O–H groups in total. The average molecular weight is 466 g/mol. The van der Waals surface area contributed by atoms with Crippen LogP contribution in [0.25, 0.3) is 0 Å². The van der Waals surface area contributed by atoms with Crippen molar-refractivity contribution in [3.63, 3.8) is 0 Å². The van der Waals surface area contributed by atoms with E-state index < -0.39 is 35.6 Å². The van der Waals surface area contributed by atoms with Crippen LogP contribution >= 0.6 is 11.6 Å². The molecule has 1 aliphatic carbocycles. The molecule has 0 spiro atoms. The fraction of sp³-hybridized carbons (Fsp3) is 0.304. The maximum Gasteiger partial charge on any atom is 0.392 e. The highest BCUT2D eigenvalue weighted by Gasteiger charge is 2.49. The molecule has 168 valence electrons. The summed E-state index contributed by atoms with van der Waals surface area (Å²) < 4.78 is 43.6. The summed E-state index contributed by atoms with van der Waals surface area (Å²) in [5.41, 5.74) is -1.45. The predicted molar refractivity (Wildman–Crippen MR) is 112 cm³/mol. The van der Waals surface area contributed by atoms with Crippen LogP contribution in [0.3, 0.4) is 0 Å². The van der Waals surface area contributed by atoms with Crippen LogP contribution in [-0.2, 0) is 15.1 Å². The molecule has 0 aliphatic heterocycles. The van der Waals surface area contributed by atoms with Crippen LogP contribution in [0, 0.1) is 18.3 Å². The van der Waals surface area contributed by atoms with Crippen molar-refractivity contribution in [2.24, 2.45) is 5.92 Å². The third kappa shape index (κ3) is 4.39. The highest BCUT2D eigenvalue weighted by atomic mass is 35.5. The van der Waals surface area contributed by atoms with E-state index in [4.69, 9.17) is 22.8 Å². The van der Waals surface area contributed by atoms with Crippen LogP contribution in [0.4, 0.5) is 18.9 Å². The van der Waals surface area contributed by atoms with Crippen molar-refractivity contribution >= 4 is 29.2 Å². The summed E-state index contributed by atoms with van der Waals surface area (Å²) in [5.74, 6) is -1.57. The quantitative estimate of drug-likeness (QED) is 0.608. The maximum absolute atomic E-state index is 12.7. The monoisotopic (exact) mass is 465 g/mol. The first-order chi connectivity index (χ1) is 15.0. The Balaban J connectivity index is 1.93. The number of nitrogens with zero attached hydrogens (tertiary/aromatic N) is 1. The molecule has 2 aromatic rings. The standard InChI is InChI=1S/C23H19ClF3NO4/c1-3-20(29)28(22(2,21(30)31)14-7-5-4-6-8-14)16-9-10-19(18(24)13-16)32-17-11-15(12-17)23(25,26)27/h1,4-10,13,15,17H,11-12H2,2H3,(H,30,31). The summed E-state index contributed by atoms with van der Waals surface area (Å²) >= 11 is 6.26. The lowest BCUT2D eigenvalue weighted by molar-refractivity contribution is -0.210. The van der Waals surface area contributed by atoms with Gasteiger partial charge in [-0.2, -0.15) is 13.2 Å². The Morgan fingerprint density at radius 3 is 2.31 bits per heavy atom. The molecule has 5 nitrogen and oxygen atoms in total. The zero-order chi connectivity index (χ0) is 23.7. The highest BCUT2D eigenvalue weighted by Crippen LogP contribution is 2.44. The first-order valence-corrected chi connectivity index (χ1v) is 9.99. The van der Waals surface area contributed by atoms with Gasteiger partial charge in [0.25, 0.3) is 0 Å². The molecule has 0 heterocycles. The second-order valence-corrected chi connectivity index (χ2v) is 8.00. The number of hydrogen-bond donors (Lipinski definition) is 1. The van der Waals surface area contributed by atoms with Gasteiger partial charge < -0.3 is 9.84 Å². The second-order valence-electron chi connectivity index (χ2n) is 7.59. The van der Waals surface area contributed by atoms with E-state index in [1.807, 2.05) is 5.92 Å². The molecule has 1 saturated carbocycles. The number of rotatable bonds is 6. The van der Waals surface area contributed by atoms with Gasteiger partial charge in [-0.15, -0.1) is 6.42 Å². The zero-order valence-corrected chi connectivity index (χ0v) is 17.7. The van der Waals surface area contributed by atoms with E-state index in [0.717, 1.165) is 4.90 Å². The third-order valence-electron chi connectivity index (χ3n) is 5.55. The van der Waals surface area contributed by atoms with Gasteiger partial charge in [-0.1, -0.05) is 41.9 Å². The molecule has 0 bridgehead atoms. The minimum atomic E-state index is -4.26. The zero-order valence-electron chi connectivity index (χ0n) is 16.9. The lowest BCUT2D eigenvalue weighted by Gasteiger charge is -2.38. The van der Waals surface area contributed by atoms with Gasteiger partial charge in [-0.25, -0.2) is 4.79 Å². The van der Waals surface area contributed by atoms with Crippen molar-refractivity contribution in [2.45, 2.75) is 37.6 Å². The molecule has 1 amide bonds. The molecular weight excluding hydrogens is 447 g/mol. The Morgan fingerprint density at radius 2 is 1.81 bits per heavy atom. The SMILES string of the molecule is C#CC(=O)N(c1ccc(OC2CC(C(F)(F)F)C2)c(Cl)c1)C(C)(C(=O)O)c1ccccc1. The first-order valence-electron chi connectivity index (χ1n) is 9.61. The van der Waals surface area contributed by atoms with E-state index in [2.05, 4.69) is 0 Å². The fourth-order valence-corrected chi connectivity index (χ4v) is 3.81. The van der Waals surface area contributed by atoms with Gasteiger partial charge in [0, 0.05) is 5.69 Å². The second kappa shape index (κ2) is 8.75. The van der Waals surface area contributed by atoms with Crippen molar-refractivity contribution < 1.29 is 32.6 Å². The number of alkyl halides is 3. The summed E-state index contributed by atoms with van der Waals surface area (Å²) in [7, 11) is 0. The van der Waals surface area contributed by atoms with Crippen molar-refractivity contribution in [3.05, 3.63) is 59.1 Å². The number of anilines is 1. The molecule has 1 atom stereocenters. The average Bonchev–Trinajstić information content (AvgIpc) is 2.71.